The number of carboxylic acids is 1. The molecule has 11 nitrogen and oxygen atoms in total. The number of rotatable bonds is 6. The van der Waals surface area contributed by atoms with Crippen molar-refractivity contribution in [3.8, 4) is 23.4 Å². The smallest absolute Gasteiger partial charge is 0.354 e. The Morgan fingerprint density at radius 2 is 1.74 bits per heavy atom. The van der Waals surface area contributed by atoms with Gasteiger partial charge in [-0.15, -0.1) is 0 Å². The number of carbonyl (C=O) groups is 1. The maximum atomic E-state index is 11.6. The van der Waals surface area contributed by atoms with Crippen molar-refractivity contribution in [2.24, 2.45) is 0 Å². The molecule has 4 rings (SSSR count). The van der Waals surface area contributed by atoms with E-state index in [1.807, 2.05) is 19.9 Å². The van der Waals surface area contributed by atoms with Gasteiger partial charge in [0.2, 0.25) is 0 Å². The quantitative estimate of drug-likeness (QED) is 0.312. The maximum absolute atomic E-state index is 11.6. The van der Waals surface area contributed by atoms with Gasteiger partial charge < -0.3 is 24.1 Å². The Hall–Kier alpha value is -3.90. The largest absolute Gasteiger partial charge is 0.497 e. The standard InChI is InChI=1S/C22H18N7O4.Pt/c1-22(2,16-6-12(32-3)5-14(27-16)21(30)31)17-7-13(33-4)8-18(28-17)29-11-26-19-15(9-23)24-10-25-20(19)29;/h5-8,10H,1-4H3,(H,30,31);/q-1;. The van der Waals surface area contributed by atoms with Crippen molar-refractivity contribution in [2.45, 2.75) is 19.3 Å². The first-order chi connectivity index (χ1) is 15.8. The zero-order chi connectivity index (χ0) is 23.8. The molecule has 34 heavy (non-hydrogen) atoms. The zero-order valence-corrected chi connectivity index (χ0v) is 20.8. The summed E-state index contributed by atoms with van der Waals surface area (Å²) in [7, 11) is 2.98. The first kappa shape index (κ1) is 24.7. The molecule has 4 aromatic heterocycles. The van der Waals surface area contributed by atoms with Gasteiger partial charge in [0.25, 0.3) is 0 Å². The van der Waals surface area contributed by atoms with Gasteiger partial charge in [0.1, 0.15) is 29.6 Å². The van der Waals surface area contributed by atoms with Gasteiger partial charge in [-0.1, -0.05) is 0 Å². The molecule has 4 heterocycles. The van der Waals surface area contributed by atoms with Gasteiger partial charge >= 0.3 is 5.97 Å². The Morgan fingerprint density at radius 1 is 1.09 bits per heavy atom. The summed E-state index contributed by atoms with van der Waals surface area (Å²) < 4.78 is 12.2. The van der Waals surface area contributed by atoms with Crippen LogP contribution >= 0.6 is 0 Å². The fourth-order valence-corrected chi connectivity index (χ4v) is 3.25. The van der Waals surface area contributed by atoms with E-state index in [0.717, 1.165) is 0 Å². The fraction of sp³-hybridized carbons (Fsp3) is 0.227. The maximum Gasteiger partial charge on any atom is 0.354 e. The van der Waals surface area contributed by atoms with Crippen LogP contribution in [0.25, 0.3) is 17.0 Å². The van der Waals surface area contributed by atoms with Gasteiger partial charge in [-0.05, 0) is 19.9 Å². The van der Waals surface area contributed by atoms with Gasteiger partial charge in [0.05, 0.1) is 25.7 Å². The zero-order valence-electron chi connectivity index (χ0n) is 18.5. The van der Waals surface area contributed by atoms with Crippen LogP contribution in [0.15, 0.2) is 30.6 Å². The molecule has 0 aliphatic rings. The number of hydrogen-bond donors (Lipinski definition) is 1. The molecule has 0 saturated carbocycles. The molecule has 0 fully saturated rings. The van der Waals surface area contributed by atoms with Crippen molar-refractivity contribution in [2.75, 3.05) is 14.2 Å². The van der Waals surface area contributed by atoms with Crippen LogP contribution in [0, 0.1) is 17.7 Å². The van der Waals surface area contributed by atoms with Crippen LogP contribution in [0.3, 0.4) is 0 Å². The molecule has 0 saturated heterocycles. The third-order valence-electron chi connectivity index (χ3n) is 5.17. The average molecular weight is 640 g/mol. The first-order valence-corrected chi connectivity index (χ1v) is 9.66. The summed E-state index contributed by atoms with van der Waals surface area (Å²) in [5.41, 5.74) is 0.781. The number of aromatic nitrogens is 6. The van der Waals surface area contributed by atoms with Crippen LogP contribution < -0.4 is 9.47 Å². The second-order valence-corrected chi connectivity index (χ2v) is 7.51. The third kappa shape index (κ3) is 4.32. The molecule has 0 radical (unpaired) electrons. The molecule has 0 aliphatic carbocycles. The number of pyridine rings is 2. The van der Waals surface area contributed by atoms with Crippen LogP contribution in [0.2, 0.25) is 0 Å². The number of ether oxygens (including phenoxy) is 2. The molecule has 0 aromatic carbocycles. The summed E-state index contributed by atoms with van der Waals surface area (Å²) >= 11 is 0. The van der Waals surface area contributed by atoms with Crippen LogP contribution in [0.1, 0.15) is 41.4 Å². The average Bonchev–Trinajstić information content (AvgIpc) is 3.27. The Kier molecular flexibility index (Phi) is 6.93. The number of fused-ring (bicyclic) bond motifs is 1. The molecule has 0 spiro atoms. The summed E-state index contributed by atoms with van der Waals surface area (Å²) in [6, 6.07) is 8.41. The van der Waals surface area contributed by atoms with E-state index in [1.165, 1.54) is 31.2 Å². The summed E-state index contributed by atoms with van der Waals surface area (Å²) in [4.78, 5) is 32.9. The molecule has 12 heteroatoms. The summed E-state index contributed by atoms with van der Waals surface area (Å²) in [6.45, 7) is 3.72. The molecule has 0 unspecified atom stereocenters. The van der Waals surface area contributed by atoms with Gasteiger partial charge in [-0.3, -0.25) is 9.97 Å². The first-order valence-electron chi connectivity index (χ1n) is 9.66. The van der Waals surface area contributed by atoms with Crippen LogP contribution in [-0.2, 0) is 26.5 Å². The number of hydrogen-bond acceptors (Lipinski definition) is 9. The van der Waals surface area contributed by atoms with E-state index in [9.17, 15) is 15.2 Å². The summed E-state index contributed by atoms with van der Waals surface area (Å²) in [6.07, 6.45) is 4.07. The van der Waals surface area contributed by atoms with Gasteiger partial charge in [0.15, 0.2) is 5.69 Å². The molecular formula is C22H18N7O4Pt-. The molecule has 176 valence electrons. The van der Waals surface area contributed by atoms with Gasteiger partial charge in [0, 0.05) is 67.9 Å². The SMILES string of the molecule is COc1cc(C(=O)O)nc(C(C)(C)c2cc(OC)cc(-n3[c-]nc4c(C#N)ncnc43)n2)c1.[Pt]. The van der Waals surface area contributed by atoms with E-state index >= 15 is 0 Å². The van der Waals surface area contributed by atoms with E-state index in [2.05, 4.69) is 26.3 Å². The predicted octanol–water partition coefficient (Wildman–Crippen LogP) is 2.32. The second-order valence-electron chi connectivity index (χ2n) is 7.51. The normalized spacial score (nSPS) is 10.9. The fourth-order valence-electron chi connectivity index (χ4n) is 3.25. The van der Waals surface area contributed by atoms with Gasteiger partial charge in [-0.2, -0.15) is 5.26 Å². The monoisotopic (exact) mass is 639 g/mol. The van der Waals surface area contributed by atoms with Crippen molar-refractivity contribution < 1.29 is 40.4 Å². The molecule has 0 bridgehead atoms. The van der Waals surface area contributed by atoms with E-state index in [0.29, 0.717) is 39.9 Å². The van der Waals surface area contributed by atoms with Crippen LogP contribution in [0.4, 0.5) is 0 Å². The van der Waals surface area contributed by atoms with E-state index in [1.54, 1.807) is 18.2 Å². The number of nitrogens with zero attached hydrogens (tertiary/aromatic N) is 7. The van der Waals surface area contributed by atoms with Crippen molar-refractivity contribution in [1.82, 2.24) is 29.5 Å². The molecular weight excluding hydrogens is 621 g/mol. The third-order valence-corrected chi connectivity index (χ3v) is 5.17. The minimum atomic E-state index is -1.17. The van der Waals surface area contributed by atoms with E-state index < -0.39 is 11.4 Å². The number of imidazole rings is 1. The van der Waals surface area contributed by atoms with Crippen LogP contribution in [-0.4, -0.2) is 54.8 Å². The molecule has 0 aliphatic heterocycles. The molecule has 1 N–H and O–H groups in total. The second kappa shape index (κ2) is 9.53. The molecule has 0 amide bonds. The van der Waals surface area contributed by atoms with Crippen molar-refractivity contribution in [3.05, 3.63) is 59.7 Å². The molecule has 0 atom stereocenters. The van der Waals surface area contributed by atoms with E-state index in [-0.39, 0.29) is 32.5 Å². The topological polar surface area (TPSA) is 149 Å². The Labute approximate surface area is 208 Å². The number of aromatic carboxylic acids is 1. The summed E-state index contributed by atoms with van der Waals surface area (Å²) in [5, 5.41) is 18.7. The van der Waals surface area contributed by atoms with Crippen molar-refractivity contribution in [1.29, 1.82) is 5.26 Å². The van der Waals surface area contributed by atoms with Crippen molar-refractivity contribution in [3.63, 3.8) is 0 Å². The summed E-state index contributed by atoms with van der Waals surface area (Å²) in [5.74, 6) is 0.0825. The number of nitriles is 1. The van der Waals surface area contributed by atoms with E-state index in [4.69, 9.17) is 14.5 Å². The van der Waals surface area contributed by atoms with Gasteiger partial charge in [-0.25, -0.2) is 14.8 Å². The number of methoxy groups -OCH3 is 2. The Balaban J connectivity index is 0.00000324. The van der Waals surface area contributed by atoms with Crippen molar-refractivity contribution >= 4 is 17.1 Å². The minimum absolute atomic E-state index is 0. The van der Waals surface area contributed by atoms with Crippen LogP contribution in [0.5, 0.6) is 11.5 Å². The Morgan fingerprint density at radius 3 is 2.35 bits per heavy atom. The minimum Gasteiger partial charge on any atom is -0.497 e. The molecule has 4 aromatic rings. The number of carboxylic acid groups (broad SMARTS) is 1. The predicted molar refractivity (Wildman–Crippen MR) is 114 cm³/mol. The Bertz CT molecular complexity index is 1430.